The van der Waals surface area contributed by atoms with Gasteiger partial charge in [0.05, 0.1) is 7.11 Å². The fourth-order valence-electron chi connectivity index (χ4n) is 1.95. The molecule has 1 heterocycles. The third kappa shape index (κ3) is 2.80. The third-order valence-electron chi connectivity index (χ3n) is 3.01. The standard InChI is InChI=1S/C15H13FN2O2S/c1-19-12-4-2-3-9(14(12)16)8-21-15-18-11-6-5-10(17)7-13(11)20-15/h2-7H,8,17H2,1H3. The zero-order valence-electron chi connectivity index (χ0n) is 11.3. The van der Waals surface area contributed by atoms with Crippen molar-refractivity contribution in [3.63, 3.8) is 0 Å². The van der Waals surface area contributed by atoms with E-state index in [0.29, 0.717) is 27.8 Å². The zero-order chi connectivity index (χ0) is 14.8. The van der Waals surface area contributed by atoms with Gasteiger partial charge in [-0.1, -0.05) is 23.9 Å². The fourth-order valence-corrected chi connectivity index (χ4v) is 2.76. The number of thioether (sulfide) groups is 1. The molecule has 0 unspecified atom stereocenters. The van der Waals surface area contributed by atoms with Crippen LogP contribution in [0.15, 0.2) is 46.0 Å². The smallest absolute Gasteiger partial charge is 0.257 e. The lowest BCUT2D eigenvalue weighted by molar-refractivity contribution is 0.385. The number of nitrogens with two attached hydrogens (primary N) is 1. The SMILES string of the molecule is COc1cccc(CSc2nc3ccc(N)cc3o2)c1F. The molecular weight excluding hydrogens is 291 g/mol. The monoisotopic (exact) mass is 304 g/mol. The highest BCUT2D eigenvalue weighted by atomic mass is 32.2. The predicted octanol–water partition coefficient (Wildman–Crippen LogP) is 3.85. The summed E-state index contributed by atoms with van der Waals surface area (Å²) in [6, 6.07) is 10.3. The van der Waals surface area contributed by atoms with Crippen LogP contribution in [0.25, 0.3) is 11.1 Å². The number of anilines is 1. The summed E-state index contributed by atoms with van der Waals surface area (Å²) in [7, 11) is 1.44. The van der Waals surface area contributed by atoms with Gasteiger partial charge in [-0.3, -0.25) is 0 Å². The number of nitrogens with zero attached hydrogens (tertiary/aromatic N) is 1. The Morgan fingerprint density at radius 2 is 2.19 bits per heavy atom. The Morgan fingerprint density at radius 1 is 1.33 bits per heavy atom. The van der Waals surface area contributed by atoms with Crippen LogP contribution in [-0.4, -0.2) is 12.1 Å². The largest absolute Gasteiger partial charge is 0.494 e. The van der Waals surface area contributed by atoms with Crippen LogP contribution in [0.2, 0.25) is 0 Å². The molecule has 2 aromatic carbocycles. The van der Waals surface area contributed by atoms with Crippen molar-refractivity contribution in [3.8, 4) is 5.75 Å². The second-order valence-corrected chi connectivity index (χ2v) is 5.36. The van der Waals surface area contributed by atoms with Crippen LogP contribution in [0.1, 0.15) is 5.56 Å². The van der Waals surface area contributed by atoms with Crippen molar-refractivity contribution in [2.24, 2.45) is 0 Å². The maximum atomic E-state index is 14.0. The van der Waals surface area contributed by atoms with E-state index in [2.05, 4.69) is 4.98 Å². The molecule has 0 saturated carbocycles. The first-order valence-electron chi connectivity index (χ1n) is 6.27. The molecular formula is C15H13FN2O2S. The topological polar surface area (TPSA) is 61.3 Å². The zero-order valence-corrected chi connectivity index (χ0v) is 12.1. The molecule has 0 spiro atoms. The van der Waals surface area contributed by atoms with E-state index in [1.165, 1.54) is 18.9 Å². The Balaban J connectivity index is 1.80. The number of benzene rings is 2. The fraction of sp³-hybridized carbons (Fsp3) is 0.133. The molecule has 0 aliphatic carbocycles. The van der Waals surface area contributed by atoms with Crippen molar-refractivity contribution in [2.75, 3.05) is 12.8 Å². The Kier molecular flexibility index (Phi) is 3.70. The first-order chi connectivity index (χ1) is 10.2. The van der Waals surface area contributed by atoms with E-state index in [0.717, 1.165) is 5.52 Å². The summed E-state index contributed by atoms with van der Waals surface area (Å²) in [6.45, 7) is 0. The molecule has 3 aromatic rings. The first-order valence-corrected chi connectivity index (χ1v) is 7.26. The molecule has 21 heavy (non-hydrogen) atoms. The number of fused-ring (bicyclic) bond motifs is 1. The van der Waals surface area contributed by atoms with E-state index in [1.54, 1.807) is 36.4 Å². The molecule has 0 aliphatic rings. The predicted molar refractivity (Wildman–Crippen MR) is 80.9 cm³/mol. The van der Waals surface area contributed by atoms with Gasteiger partial charge in [-0.15, -0.1) is 0 Å². The number of hydrogen-bond acceptors (Lipinski definition) is 5. The average molecular weight is 304 g/mol. The number of aromatic nitrogens is 1. The highest BCUT2D eigenvalue weighted by molar-refractivity contribution is 7.98. The van der Waals surface area contributed by atoms with E-state index < -0.39 is 0 Å². The lowest BCUT2D eigenvalue weighted by atomic mass is 10.2. The molecule has 0 atom stereocenters. The number of oxazole rings is 1. The minimum absolute atomic E-state index is 0.235. The molecule has 0 bridgehead atoms. The molecule has 1 aromatic heterocycles. The molecule has 108 valence electrons. The summed E-state index contributed by atoms with van der Waals surface area (Å²) in [6.07, 6.45) is 0. The Morgan fingerprint density at radius 3 is 3.00 bits per heavy atom. The minimum atomic E-state index is -0.354. The molecule has 0 fully saturated rings. The molecule has 0 aliphatic heterocycles. The first kappa shape index (κ1) is 13.8. The van der Waals surface area contributed by atoms with Gasteiger partial charge in [0.2, 0.25) is 0 Å². The van der Waals surface area contributed by atoms with Crippen molar-refractivity contribution in [1.29, 1.82) is 0 Å². The summed E-state index contributed by atoms with van der Waals surface area (Å²) < 4.78 is 24.6. The Bertz CT molecular complexity index is 788. The van der Waals surface area contributed by atoms with Gasteiger partial charge >= 0.3 is 0 Å². The van der Waals surface area contributed by atoms with Gasteiger partial charge in [0.1, 0.15) is 5.52 Å². The molecule has 0 amide bonds. The number of hydrogen-bond donors (Lipinski definition) is 1. The summed E-state index contributed by atoms with van der Waals surface area (Å²) in [5.41, 5.74) is 8.22. The maximum absolute atomic E-state index is 14.0. The minimum Gasteiger partial charge on any atom is -0.494 e. The Labute approximate surface area is 125 Å². The van der Waals surface area contributed by atoms with Crippen LogP contribution in [0, 0.1) is 5.82 Å². The molecule has 0 saturated heterocycles. The molecule has 0 radical (unpaired) electrons. The van der Waals surface area contributed by atoms with Crippen LogP contribution in [0.5, 0.6) is 5.75 Å². The van der Waals surface area contributed by atoms with E-state index >= 15 is 0 Å². The van der Waals surface area contributed by atoms with Crippen molar-refractivity contribution < 1.29 is 13.5 Å². The second kappa shape index (κ2) is 5.65. The van der Waals surface area contributed by atoms with E-state index in [-0.39, 0.29) is 11.6 Å². The average Bonchev–Trinajstić information content (AvgIpc) is 2.88. The van der Waals surface area contributed by atoms with Crippen LogP contribution in [0.3, 0.4) is 0 Å². The van der Waals surface area contributed by atoms with Gasteiger partial charge in [0.15, 0.2) is 17.1 Å². The number of nitrogen functional groups attached to an aromatic ring is 1. The number of rotatable bonds is 4. The molecule has 6 heteroatoms. The van der Waals surface area contributed by atoms with Crippen LogP contribution < -0.4 is 10.5 Å². The normalized spacial score (nSPS) is 11.0. The van der Waals surface area contributed by atoms with Crippen LogP contribution in [0.4, 0.5) is 10.1 Å². The van der Waals surface area contributed by atoms with E-state index in [1.807, 2.05) is 0 Å². The summed E-state index contributed by atoms with van der Waals surface area (Å²) in [5, 5.41) is 0.484. The number of methoxy groups -OCH3 is 1. The lowest BCUT2D eigenvalue weighted by Gasteiger charge is -2.05. The van der Waals surface area contributed by atoms with Crippen molar-refractivity contribution >= 4 is 28.5 Å². The van der Waals surface area contributed by atoms with Gasteiger partial charge in [-0.25, -0.2) is 9.37 Å². The summed E-state index contributed by atoms with van der Waals surface area (Å²) in [4.78, 5) is 4.33. The number of ether oxygens (including phenoxy) is 1. The Hall–Kier alpha value is -2.21. The van der Waals surface area contributed by atoms with Gasteiger partial charge < -0.3 is 14.9 Å². The summed E-state index contributed by atoms with van der Waals surface area (Å²) >= 11 is 1.32. The van der Waals surface area contributed by atoms with Crippen LogP contribution >= 0.6 is 11.8 Å². The van der Waals surface area contributed by atoms with Gasteiger partial charge in [0, 0.05) is 23.1 Å². The van der Waals surface area contributed by atoms with Crippen molar-refractivity contribution in [1.82, 2.24) is 4.98 Å². The molecule has 2 N–H and O–H groups in total. The van der Waals surface area contributed by atoms with Crippen LogP contribution in [-0.2, 0) is 5.75 Å². The van der Waals surface area contributed by atoms with Crippen molar-refractivity contribution in [3.05, 3.63) is 47.8 Å². The highest BCUT2D eigenvalue weighted by Gasteiger charge is 2.11. The highest BCUT2D eigenvalue weighted by Crippen LogP contribution is 2.29. The quantitative estimate of drug-likeness (QED) is 0.586. The van der Waals surface area contributed by atoms with Gasteiger partial charge in [0.25, 0.3) is 5.22 Å². The molecule has 4 nitrogen and oxygen atoms in total. The van der Waals surface area contributed by atoms with E-state index in [9.17, 15) is 4.39 Å². The maximum Gasteiger partial charge on any atom is 0.257 e. The second-order valence-electron chi connectivity index (χ2n) is 4.43. The molecule has 3 rings (SSSR count). The van der Waals surface area contributed by atoms with Crippen molar-refractivity contribution in [2.45, 2.75) is 11.0 Å². The van der Waals surface area contributed by atoms with Gasteiger partial charge in [-0.2, -0.15) is 0 Å². The van der Waals surface area contributed by atoms with E-state index in [4.69, 9.17) is 14.9 Å². The third-order valence-corrected chi connectivity index (χ3v) is 3.88. The van der Waals surface area contributed by atoms with Gasteiger partial charge in [-0.05, 0) is 18.2 Å². The lowest BCUT2D eigenvalue weighted by Crippen LogP contribution is -1.93. The summed E-state index contributed by atoms with van der Waals surface area (Å²) in [5.74, 6) is 0.289. The number of halogens is 1.